The number of sulfonamides is 1. The smallest absolute Gasteiger partial charge is 0.242 e. The predicted molar refractivity (Wildman–Crippen MR) is 80.3 cm³/mol. The maximum Gasteiger partial charge on any atom is 0.242 e. The molecule has 0 aromatic heterocycles. The summed E-state index contributed by atoms with van der Waals surface area (Å²) in [6.45, 7) is 1.79. The molecule has 0 saturated carbocycles. The lowest BCUT2D eigenvalue weighted by Gasteiger charge is -2.16. The Morgan fingerprint density at radius 1 is 1.61 bits per heavy atom. The zero-order valence-corrected chi connectivity index (χ0v) is 13.5. The van der Waals surface area contributed by atoms with Gasteiger partial charge in [-0.2, -0.15) is 0 Å². The van der Waals surface area contributed by atoms with Crippen LogP contribution in [0.25, 0.3) is 0 Å². The molecule has 0 bridgehead atoms. The van der Waals surface area contributed by atoms with Gasteiger partial charge in [-0.3, -0.25) is 0 Å². The van der Waals surface area contributed by atoms with E-state index in [4.69, 9.17) is 29.6 Å². The number of rotatable bonds is 5. The molecule has 0 heterocycles. The first-order valence-corrected chi connectivity index (χ1v) is 8.11. The SMILES string of the molecule is CCC(NS(=O)(=O)c1ccc(Br)cc1Cl)C(N)=S. The maximum atomic E-state index is 12.1. The monoisotopic (exact) mass is 370 g/mol. The maximum absolute atomic E-state index is 12.1. The van der Waals surface area contributed by atoms with E-state index in [1.165, 1.54) is 12.1 Å². The van der Waals surface area contributed by atoms with Crippen molar-refractivity contribution in [2.75, 3.05) is 0 Å². The van der Waals surface area contributed by atoms with Crippen molar-refractivity contribution in [2.24, 2.45) is 5.73 Å². The number of hydrogen-bond acceptors (Lipinski definition) is 3. The molecule has 1 unspecified atom stereocenters. The van der Waals surface area contributed by atoms with Crippen LogP contribution < -0.4 is 10.5 Å². The van der Waals surface area contributed by atoms with Gasteiger partial charge in [-0.15, -0.1) is 0 Å². The molecule has 18 heavy (non-hydrogen) atoms. The van der Waals surface area contributed by atoms with Crippen molar-refractivity contribution in [3.05, 3.63) is 27.7 Å². The first-order chi connectivity index (χ1) is 8.27. The largest absolute Gasteiger partial charge is 0.392 e. The Labute approximate surface area is 125 Å². The summed E-state index contributed by atoms with van der Waals surface area (Å²) in [5.41, 5.74) is 5.46. The molecule has 0 radical (unpaired) electrons. The van der Waals surface area contributed by atoms with Crippen LogP contribution in [0.15, 0.2) is 27.6 Å². The van der Waals surface area contributed by atoms with Crippen molar-refractivity contribution < 1.29 is 8.42 Å². The van der Waals surface area contributed by atoms with Crippen LogP contribution in [-0.2, 0) is 10.0 Å². The van der Waals surface area contributed by atoms with Gasteiger partial charge >= 0.3 is 0 Å². The lowest BCUT2D eigenvalue weighted by Crippen LogP contribution is -2.42. The van der Waals surface area contributed by atoms with Crippen LogP contribution in [0.1, 0.15) is 13.3 Å². The van der Waals surface area contributed by atoms with Crippen LogP contribution in [0.4, 0.5) is 0 Å². The number of hydrogen-bond donors (Lipinski definition) is 2. The predicted octanol–water partition coefficient (Wildman–Crippen LogP) is 2.45. The first-order valence-electron chi connectivity index (χ1n) is 5.04. The van der Waals surface area contributed by atoms with Crippen LogP contribution in [0.2, 0.25) is 5.02 Å². The van der Waals surface area contributed by atoms with Crippen molar-refractivity contribution >= 4 is 54.8 Å². The molecule has 0 fully saturated rings. The van der Waals surface area contributed by atoms with Gasteiger partial charge in [-0.25, -0.2) is 13.1 Å². The molecule has 0 aliphatic heterocycles. The van der Waals surface area contributed by atoms with Crippen LogP contribution in [0.5, 0.6) is 0 Å². The second-order valence-corrected chi connectivity index (χ2v) is 7.04. The summed E-state index contributed by atoms with van der Waals surface area (Å²) in [6, 6.07) is 3.95. The quantitative estimate of drug-likeness (QED) is 0.780. The Balaban J connectivity index is 3.10. The fraction of sp³-hybridized carbons (Fsp3) is 0.300. The average Bonchev–Trinajstić information content (AvgIpc) is 2.24. The van der Waals surface area contributed by atoms with Crippen molar-refractivity contribution in [3.63, 3.8) is 0 Å². The van der Waals surface area contributed by atoms with Crippen LogP contribution >= 0.6 is 39.7 Å². The summed E-state index contributed by atoms with van der Waals surface area (Å²) < 4.78 is 27.4. The second kappa shape index (κ2) is 6.29. The van der Waals surface area contributed by atoms with E-state index >= 15 is 0 Å². The molecular weight excluding hydrogens is 360 g/mol. The molecular formula is C10H12BrClN2O2S2. The summed E-state index contributed by atoms with van der Waals surface area (Å²) in [5, 5.41) is 0.134. The highest BCUT2D eigenvalue weighted by Crippen LogP contribution is 2.25. The zero-order chi connectivity index (χ0) is 13.9. The minimum atomic E-state index is -3.73. The molecule has 4 nitrogen and oxygen atoms in total. The molecule has 1 aromatic rings. The molecule has 0 aliphatic rings. The normalized spacial score (nSPS) is 13.3. The number of halogens is 2. The second-order valence-electron chi connectivity index (χ2n) is 3.56. The molecule has 0 aliphatic carbocycles. The van der Waals surface area contributed by atoms with Gasteiger partial charge in [0.15, 0.2) is 0 Å². The minimum Gasteiger partial charge on any atom is -0.392 e. The van der Waals surface area contributed by atoms with Crippen molar-refractivity contribution in [1.82, 2.24) is 4.72 Å². The van der Waals surface area contributed by atoms with Gasteiger partial charge in [0.2, 0.25) is 10.0 Å². The molecule has 1 aromatic carbocycles. The average molecular weight is 372 g/mol. The molecule has 0 spiro atoms. The lowest BCUT2D eigenvalue weighted by molar-refractivity contribution is 0.572. The summed E-state index contributed by atoms with van der Waals surface area (Å²) >= 11 is 13.9. The van der Waals surface area contributed by atoms with E-state index in [0.717, 1.165) is 0 Å². The fourth-order valence-electron chi connectivity index (χ4n) is 1.29. The van der Waals surface area contributed by atoms with Crippen molar-refractivity contribution in [1.29, 1.82) is 0 Å². The topological polar surface area (TPSA) is 72.2 Å². The van der Waals surface area contributed by atoms with Gasteiger partial charge in [0, 0.05) is 4.47 Å². The highest BCUT2D eigenvalue weighted by atomic mass is 79.9. The highest BCUT2D eigenvalue weighted by molar-refractivity contribution is 9.10. The summed E-state index contributed by atoms with van der Waals surface area (Å²) in [6.07, 6.45) is 0.475. The Kier molecular flexibility index (Phi) is 5.54. The van der Waals surface area contributed by atoms with Gasteiger partial charge in [-0.05, 0) is 24.6 Å². The van der Waals surface area contributed by atoms with Crippen molar-refractivity contribution in [2.45, 2.75) is 24.3 Å². The van der Waals surface area contributed by atoms with Gasteiger partial charge in [0.05, 0.1) is 16.1 Å². The van der Waals surface area contributed by atoms with Crippen LogP contribution in [-0.4, -0.2) is 19.4 Å². The van der Waals surface area contributed by atoms with E-state index in [1.807, 2.05) is 0 Å². The number of nitrogens with two attached hydrogens (primary N) is 1. The number of nitrogens with one attached hydrogen (secondary N) is 1. The van der Waals surface area contributed by atoms with E-state index in [0.29, 0.717) is 10.9 Å². The zero-order valence-electron chi connectivity index (χ0n) is 9.48. The minimum absolute atomic E-state index is 0.00191. The lowest BCUT2D eigenvalue weighted by atomic mass is 10.2. The van der Waals surface area contributed by atoms with E-state index in [-0.39, 0.29) is 14.9 Å². The molecule has 0 saturated heterocycles. The molecule has 100 valence electrons. The molecule has 1 atom stereocenters. The first kappa shape index (κ1) is 15.8. The Hall–Kier alpha value is -0.210. The highest BCUT2D eigenvalue weighted by Gasteiger charge is 2.22. The Morgan fingerprint density at radius 2 is 2.22 bits per heavy atom. The van der Waals surface area contributed by atoms with Crippen LogP contribution in [0.3, 0.4) is 0 Å². The number of thiocarbonyl (C=S) groups is 1. The third-order valence-electron chi connectivity index (χ3n) is 2.23. The fourth-order valence-corrected chi connectivity index (χ4v) is 3.92. The third-order valence-corrected chi connectivity index (χ3v) is 4.96. The van der Waals surface area contributed by atoms with Crippen LogP contribution in [0, 0.1) is 0 Å². The summed E-state index contributed by atoms with van der Waals surface area (Å²) in [5.74, 6) is 0. The van der Waals surface area contributed by atoms with E-state index in [2.05, 4.69) is 20.7 Å². The van der Waals surface area contributed by atoms with E-state index in [9.17, 15) is 8.42 Å². The van der Waals surface area contributed by atoms with Gasteiger partial charge in [0.1, 0.15) is 4.90 Å². The van der Waals surface area contributed by atoms with Gasteiger partial charge in [0.25, 0.3) is 0 Å². The molecule has 8 heteroatoms. The van der Waals surface area contributed by atoms with Gasteiger partial charge < -0.3 is 5.73 Å². The Bertz CT molecular complexity index is 563. The molecule has 1 rings (SSSR count). The third kappa shape index (κ3) is 3.89. The summed E-state index contributed by atoms with van der Waals surface area (Å²) in [4.78, 5) is 0.108. The number of benzene rings is 1. The van der Waals surface area contributed by atoms with Gasteiger partial charge in [-0.1, -0.05) is 46.7 Å². The molecule has 3 N–H and O–H groups in total. The van der Waals surface area contributed by atoms with E-state index in [1.54, 1.807) is 13.0 Å². The standard InChI is InChI=1S/C10H12BrClN2O2S2/c1-2-8(10(13)17)14-18(15,16)9-4-3-6(11)5-7(9)12/h3-5,8,14H,2H2,1H3,(H2,13,17). The van der Waals surface area contributed by atoms with Crippen molar-refractivity contribution in [3.8, 4) is 0 Å². The summed E-state index contributed by atoms with van der Waals surface area (Å²) in [7, 11) is -3.73. The van der Waals surface area contributed by atoms with E-state index < -0.39 is 16.1 Å². The Morgan fingerprint density at radius 3 is 2.67 bits per heavy atom. The molecule has 0 amide bonds.